The largest absolute Gasteiger partial charge is 0.452 e. The van der Waals surface area contributed by atoms with Gasteiger partial charge in [-0.15, -0.1) is 0 Å². The Kier molecular flexibility index (Phi) is 26.2. The van der Waals surface area contributed by atoms with E-state index in [4.69, 9.17) is 14.2 Å². The Labute approximate surface area is 444 Å². The number of carbonyl (C=O) groups excluding carboxylic acids is 7. The fourth-order valence-corrected chi connectivity index (χ4v) is 10.1. The van der Waals surface area contributed by atoms with E-state index in [2.05, 4.69) is 26.5 Å². The standard InChI is InChI=1S/C55H86N8O10S/c1-16-35(6)49(62(12)54(69)47(33(2)3)58-53(68)48(34(4)5)61(10)11)43(71-13)31-46(66)63-30-20-23-42(63)50(72-14)36(7)52(67)57-38(9)51(40-21-18-17-19-22-40)73-55(70)41-26-24-39(25-27-41)37(8)59-60-44(64)28-29-56-45(65)32-74-15/h17-19,21-22,24-27,33-36,38,42-43,47-51H,16,20,23,28-32H2,1-15H3,(H,56,65)(H,57,67)(H,58,68)(H,60,64)/b59-37-/t35-,36+,38+,42-,43+,47-,48-,49-,50+,51+/m0/s1. The number of nitrogens with one attached hydrogen (secondary N) is 4. The first kappa shape index (κ1) is 62.9. The lowest BCUT2D eigenvalue weighted by Gasteiger charge is -2.41. The number of thioether (sulfide) groups is 1. The Bertz CT molecular complexity index is 2170. The van der Waals surface area contributed by atoms with Gasteiger partial charge in [0.1, 0.15) is 12.1 Å². The molecule has 10 atom stereocenters. The van der Waals surface area contributed by atoms with Crippen LogP contribution in [0.25, 0.3) is 0 Å². The highest BCUT2D eigenvalue weighted by molar-refractivity contribution is 7.99. The van der Waals surface area contributed by atoms with E-state index < -0.39 is 60.4 Å². The lowest BCUT2D eigenvalue weighted by atomic mass is 9.89. The number of carbonyl (C=O) groups is 7. The third-order valence-electron chi connectivity index (χ3n) is 14.0. The highest BCUT2D eigenvalue weighted by Gasteiger charge is 2.43. The normalized spacial score (nSPS) is 17.6. The van der Waals surface area contributed by atoms with Crippen molar-refractivity contribution in [1.82, 2.24) is 36.1 Å². The van der Waals surface area contributed by atoms with Crippen LogP contribution in [0.4, 0.5) is 0 Å². The molecule has 0 aliphatic carbocycles. The molecule has 0 saturated carbocycles. The molecule has 1 heterocycles. The number of rotatable bonds is 29. The summed E-state index contributed by atoms with van der Waals surface area (Å²) in [6.07, 6.45) is 1.61. The number of benzene rings is 2. The minimum Gasteiger partial charge on any atom is -0.452 e. The van der Waals surface area contributed by atoms with Crippen molar-refractivity contribution < 1.29 is 47.8 Å². The van der Waals surface area contributed by atoms with E-state index in [1.165, 1.54) is 18.9 Å². The van der Waals surface area contributed by atoms with Crippen LogP contribution in [0.15, 0.2) is 59.7 Å². The molecule has 3 rings (SSSR count). The Morgan fingerprint density at radius 2 is 1.46 bits per heavy atom. The summed E-state index contributed by atoms with van der Waals surface area (Å²) in [6, 6.07) is 12.9. The molecule has 412 valence electrons. The molecule has 0 unspecified atom stereocenters. The van der Waals surface area contributed by atoms with Gasteiger partial charge in [0.25, 0.3) is 0 Å². The molecule has 0 bridgehead atoms. The van der Waals surface area contributed by atoms with Crippen LogP contribution >= 0.6 is 11.8 Å². The molecule has 2 aromatic carbocycles. The summed E-state index contributed by atoms with van der Waals surface area (Å²) in [5, 5.41) is 13.0. The van der Waals surface area contributed by atoms with E-state index in [1.807, 2.05) is 97.1 Å². The van der Waals surface area contributed by atoms with Gasteiger partial charge in [-0.05, 0) is 88.1 Å². The Morgan fingerprint density at radius 3 is 2.01 bits per heavy atom. The smallest absolute Gasteiger partial charge is 0.338 e. The maximum atomic E-state index is 14.5. The first-order valence-corrected chi connectivity index (χ1v) is 27.3. The lowest BCUT2D eigenvalue weighted by Crippen LogP contribution is -2.59. The van der Waals surface area contributed by atoms with Gasteiger partial charge in [0.05, 0.1) is 65.7 Å². The number of hydrazone groups is 1. The molecule has 1 fully saturated rings. The number of nitrogens with zero attached hydrogens (tertiary/aromatic N) is 4. The molecular formula is C55H86N8O10S. The van der Waals surface area contributed by atoms with Gasteiger partial charge in [0, 0.05) is 40.8 Å². The second-order valence-electron chi connectivity index (χ2n) is 20.3. The number of esters is 1. The van der Waals surface area contributed by atoms with Crippen LogP contribution < -0.4 is 21.4 Å². The summed E-state index contributed by atoms with van der Waals surface area (Å²) in [5.41, 5.74) is 4.58. The molecule has 1 aliphatic rings. The molecule has 6 amide bonds. The predicted molar refractivity (Wildman–Crippen MR) is 290 cm³/mol. The molecule has 0 spiro atoms. The molecule has 0 radical (unpaired) electrons. The number of hydrogen-bond acceptors (Lipinski definition) is 13. The van der Waals surface area contributed by atoms with Gasteiger partial charge in [-0.3, -0.25) is 33.7 Å². The summed E-state index contributed by atoms with van der Waals surface area (Å²) in [5.74, 6) is -2.82. The number of ether oxygens (including phenoxy) is 3. The maximum Gasteiger partial charge on any atom is 0.338 e. The van der Waals surface area contributed by atoms with Crippen LogP contribution in [0.2, 0.25) is 0 Å². The van der Waals surface area contributed by atoms with Crippen molar-refractivity contribution in [2.24, 2.45) is 28.8 Å². The van der Waals surface area contributed by atoms with Gasteiger partial charge < -0.3 is 40.0 Å². The monoisotopic (exact) mass is 1050 g/mol. The number of likely N-dealkylation sites (N-methyl/N-ethyl adjacent to an activating group) is 2. The van der Waals surface area contributed by atoms with E-state index in [-0.39, 0.29) is 78.1 Å². The summed E-state index contributed by atoms with van der Waals surface area (Å²) in [7, 11) is 8.49. The van der Waals surface area contributed by atoms with Gasteiger partial charge in [0.15, 0.2) is 0 Å². The van der Waals surface area contributed by atoms with Crippen molar-refractivity contribution in [1.29, 1.82) is 0 Å². The van der Waals surface area contributed by atoms with E-state index in [0.29, 0.717) is 48.4 Å². The van der Waals surface area contributed by atoms with Crippen LogP contribution in [0.3, 0.4) is 0 Å². The highest BCUT2D eigenvalue weighted by atomic mass is 32.2. The van der Waals surface area contributed by atoms with Crippen LogP contribution in [0.5, 0.6) is 0 Å². The third kappa shape index (κ3) is 17.9. The van der Waals surface area contributed by atoms with Gasteiger partial charge in [-0.25, -0.2) is 10.2 Å². The number of likely N-dealkylation sites (tertiary alicyclic amines) is 1. The van der Waals surface area contributed by atoms with Gasteiger partial charge >= 0.3 is 5.97 Å². The maximum absolute atomic E-state index is 14.5. The van der Waals surface area contributed by atoms with Crippen LogP contribution in [-0.4, -0.2) is 165 Å². The van der Waals surface area contributed by atoms with Crippen LogP contribution in [-0.2, 0) is 43.0 Å². The Balaban J connectivity index is 1.75. The molecule has 1 saturated heterocycles. The summed E-state index contributed by atoms with van der Waals surface area (Å²) < 4.78 is 18.3. The van der Waals surface area contributed by atoms with Gasteiger partial charge in [0.2, 0.25) is 35.4 Å². The second-order valence-corrected chi connectivity index (χ2v) is 21.2. The fraction of sp³-hybridized carbons (Fsp3) is 0.636. The van der Waals surface area contributed by atoms with E-state index in [0.717, 1.165) is 0 Å². The zero-order valence-electron chi connectivity index (χ0n) is 46.6. The highest BCUT2D eigenvalue weighted by Crippen LogP contribution is 2.31. The molecule has 74 heavy (non-hydrogen) atoms. The second kappa shape index (κ2) is 30.9. The zero-order chi connectivity index (χ0) is 55.4. The predicted octanol–water partition coefficient (Wildman–Crippen LogP) is 5.45. The average Bonchev–Trinajstić information content (AvgIpc) is 3.85. The summed E-state index contributed by atoms with van der Waals surface area (Å²) in [4.78, 5) is 99.6. The van der Waals surface area contributed by atoms with Crippen LogP contribution in [0.1, 0.15) is 122 Å². The topological polar surface area (TPSA) is 217 Å². The van der Waals surface area contributed by atoms with Gasteiger partial charge in [-0.1, -0.05) is 97.4 Å². The number of hydrogen-bond donors (Lipinski definition) is 4. The van der Waals surface area contributed by atoms with E-state index in [9.17, 15) is 33.6 Å². The van der Waals surface area contributed by atoms with E-state index in [1.54, 1.807) is 69.0 Å². The minimum atomic E-state index is -0.884. The fourth-order valence-electron chi connectivity index (χ4n) is 9.74. The summed E-state index contributed by atoms with van der Waals surface area (Å²) in [6.45, 7) is 17.7. The lowest BCUT2D eigenvalue weighted by molar-refractivity contribution is -0.148. The average molecular weight is 1050 g/mol. The number of amides is 6. The molecule has 1 aliphatic heterocycles. The van der Waals surface area contributed by atoms with Crippen molar-refractivity contribution >= 4 is 58.9 Å². The molecule has 2 aromatic rings. The van der Waals surface area contributed by atoms with Crippen molar-refractivity contribution in [3.8, 4) is 0 Å². The van der Waals surface area contributed by atoms with Gasteiger partial charge in [-0.2, -0.15) is 16.9 Å². The first-order chi connectivity index (χ1) is 35.0. The van der Waals surface area contributed by atoms with Crippen LogP contribution in [0, 0.1) is 23.7 Å². The van der Waals surface area contributed by atoms with Crippen molar-refractivity contribution in [2.45, 2.75) is 143 Å². The quantitative estimate of drug-likeness (QED) is 0.0455. The Morgan fingerprint density at radius 1 is 0.824 bits per heavy atom. The summed E-state index contributed by atoms with van der Waals surface area (Å²) >= 11 is 1.39. The van der Waals surface area contributed by atoms with Crippen molar-refractivity contribution in [2.75, 3.05) is 60.5 Å². The molecule has 4 N–H and O–H groups in total. The molecule has 18 nitrogen and oxygen atoms in total. The first-order valence-electron chi connectivity index (χ1n) is 25.9. The van der Waals surface area contributed by atoms with E-state index >= 15 is 0 Å². The molecule has 0 aromatic heterocycles. The zero-order valence-corrected chi connectivity index (χ0v) is 47.4. The van der Waals surface area contributed by atoms with Crippen molar-refractivity contribution in [3.63, 3.8) is 0 Å². The van der Waals surface area contributed by atoms with Crippen molar-refractivity contribution in [3.05, 3.63) is 71.3 Å². The SMILES string of the molecule is CC[C@H](C)[C@@H]([C@@H](CC(=O)N1CCC[C@H]1[C@H](OC)[C@@H](C)C(=O)N[C@H](C)[C@@H](OC(=O)c1ccc(/C(C)=N\NC(=O)CCNC(=O)CSC)cc1)c1ccccc1)OC)N(C)C(=O)[C@@H](NC(=O)[C@H](C(C)C)N(C)C)C(C)C. The molecular weight excluding hydrogens is 965 g/mol. The number of methoxy groups -OCH3 is 2. The molecule has 19 heteroatoms. The minimum absolute atomic E-state index is 0.0171. The Hall–Kier alpha value is -5.37. The third-order valence-corrected chi connectivity index (χ3v) is 14.5.